The van der Waals surface area contributed by atoms with Crippen LogP contribution in [-0.4, -0.2) is 46.3 Å². The SMILES string of the molecule is CSCC(CO)N(Cc1ccccc1)C(=O)CCS. The van der Waals surface area contributed by atoms with Gasteiger partial charge in [-0.05, 0) is 17.6 Å². The molecule has 1 N–H and O–H groups in total. The Morgan fingerprint density at radius 3 is 2.63 bits per heavy atom. The molecule has 1 aromatic rings. The van der Waals surface area contributed by atoms with Crippen LogP contribution in [0.25, 0.3) is 0 Å². The first kappa shape index (κ1) is 16.4. The predicted octanol–water partition coefficient (Wildman–Crippen LogP) is 2.06. The molecule has 1 rings (SSSR count). The molecule has 0 radical (unpaired) electrons. The summed E-state index contributed by atoms with van der Waals surface area (Å²) in [5.74, 6) is 1.32. The van der Waals surface area contributed by atoms with Crippen molar-refractivity contribution in [3.63, 3.8) is 0 Å². The Labute approximate surface area is 124 Å². The number of hydrogen-bond donors (Lipinski definition) is 2. The lowest BCUT2D eigenvalue weighted by molar-refractivity contribution is -0.134. The summed E-state index contributed by atoms with van der Waals surface area (Å²) in [7, 11) is 0. The molecular formula is C14H21NO2S2. The van der Waals surface area contributed by atoms with Crippen molar-refractivity contribution >= 4 is 30.3 Å². The highest BCUT2D eigenvalue weighted by Gasteiger charge is 2.22. The summed E-state index contributed by atoms with van der Waals surface area (Å²) >= 11 is 5.75. The number of aliphatic hydroxyl groups is 1. The number of rotatable bonds is 8. The van der Waals surface area contributed by atoms with Crippen molar-refractivity contribution in [1.82, 2.24) is 4.90 Å². The fraction of sp³-hybridized carbons (Fsp3) is 0.500. The molecule has 3 nitrogen and oxygen atoms in total. The Hall–Kier alpha value is -0.650. The van der Waals surface area contributed by atoms with E-state index in [1.807, 2.05) is 36.6 Å². The standard InChI is InChI=1S/C14H21NO2S2/c1-19-11-13(10-16)15(14(17)7-8-18)9-12-5-3-2-4-6-12/h2-6,13,16,18H,7-11H2,1H3. The Morgan fingerprint density at radius 2 is 2.11 bits per heavy atom. The minimum Gasteiger partial charge on any atom is -0.394 e. The van der Waals surface area contributed by atoms with Crippen LogP contribution >= 0.6 is 24.4 Å². The maximum absolute atomic E-state index is 12.2. The first-order valence-corrected chi connectivity index (χ1v) is 8.29. The number of benzene rings is 1. The molecule has 0 saturated carbocycles. The predicted molar refractivity (Wildman–Crippen MR) is 84.7 cm³/mol. The van der Waals surface area contributed by atoms with Gasteiger partial charge in [-0.1, -0.05) is 30.3 Å². The minimum absolute atomic E-state index is 0.00795. The molecule has 0 aliphatic carbocycles. The van der Waals surface area contributed by atoms with Gasteiger partial charge in [0.05, 0.1) is 12.6 Å². The van der Waals surface area contributed by atoms with E-state index in [1.165, 1.54) is 0 Å². The summed E-state index contributed by atoms with van der Waals surface area (Å²) in [6.45, 7) is 0.533. The average Bonchev–Trinajstić information content (AvgIpc) is 2.44. The van der Waals surface area contributed by atoms with Crippen LogP contribution in [0.1, 0.15) is 12.0 Å². The van der Waals surface area contributed by atoms with Crippen molar-refractivity contribution in [2.24, 2.45) is 0 Å². The van der Waals surface area contributed by atoms with E-state index in [4.69, 9.17) is 0 Å². The maximum atomic E-state index is 12.2. The van der Waals surface area contributed by atoms with Gasteiger partial charge in [-0.15, -0.1) is 0 Å². The zero-order valence-electron chi connectivity index (χ0n) is 11.2. The third-order valence-electron chi connectivity index (χ3n) is 2.85. The molecule has 5 heteroatoms. The lowest BCUT2D eigenvalue weighted by Crippen LogP contribution is -2.43. The highest BCUT2D eigenvalue weighted by atomic mass is 32.2. The van der Waals surface area contributed by atoms with Crippen LogP contribution in [0, 0.1) is 0 Å². The molecule has 19 heavy (non-hydrogen) atoms. The summed E-state index contributed by atoms with van der Waals surface area (Å²) in [4.78, 5) is 13.9. The van der Waals surface area contributed by atoms with E-state index in [9.17, 15) is 9.90 Å². The molecule has 0 heterocycles. The smallest absolute Gasteiger partial charge is 0.224 e. The van der Waals surface area contributed by atoms with Crippen LogP contribution in [-0.2, 0) is 11.3 Å². The molecule has 0 aliphatic rings. The first-order chi connectivity index (χ1) is 9.22. The van der Waals surface area contributed by atoms with Crippen LogP contribution in [0.3, 0.4) is 0 Å². The van der Waals surface area contributed by atoms with Gasteiger partial charge in [-0.3, -0.25) is 4.79 Å². The van der Waals surface area contributed by atoms with Crippen molar-refractivity contribution in [1.29, 1.82) is 0 Å². The summed E-state index contributed by atoms with van der Waals surface area (Å²) in [5, 5.41) is 9.50. The lowest BCUT2D eigenvalue weighted by Gasteiger charge is -2.30. The second-order valence-corrected chi connectivity index (χ2v) is 5.63. The maximum Gasteiger partial charge on any atom is 0.224 e. The van der Waals surface area contributed by atoms with Crippen LogP contribution in [0.15, 0.2) is 30.3 Å². The van der Waals surface area contributed by atoms with Gasteiger partial charge >= 0.3 is 0 Å². The summed E-state index contributed by atoms with van der Waals surface area (Å²) in [6, 6.07) is 9.72. The fourth-order valence-corrected chi connectivity index (χ4v) is 2.74. The van der Waals surface area contributed by atoms with Gasteiger partial charge in [-0.25, -0.2) is 0 Å². The molecule has 1 atom stereocenters. The fourth-order valence-electron chi connectivity index (χ4n) is 1.87. The van der Waals surface area contributed by atoms with Gasteiger partial charge in [-0.2, -0.15) is 24.4 Å². The van der Waals surface area contributed by atoms with Crippen molar-refractivity contribution < 1.29 is 9.90 Å². The molecule has 0 aromatic heterocycles. The molecule has 0 bridgehead atoms. The Kier molecular flexibility index (Phi) is 8.02. The third kappa shape index (κ3) is 5.47. The Balaban J connectivity index is 2.81. The molecule has 0 fully saturated rings. The van der Waals surface area contributed by atoms with E-state index in [0.717, 1.165) is 11.3 Å². The molecular weight excluding hydrogens is 278 g/mol. The normalized spacial score (nSPS) is 12.2. The molecule has 1 unspecified atom stereocenters. The molecule has 0 saturated heterocycles. The van der Waals surface area contributed by atoms with Gasteiger partial charge in [0.1, 0.15) is 0 Å². The molecule has 0 aliphatic heterocycles. The molecule has 1 amide bonds. The first-order valence-electron chi connectivity index (χ1n) is 6.27. The highest BCUT2D eigenvalue weighted by molar-refractivity contribution is 7.98. The van der Waals surface area contributed by atoms with Crippen LogP contribution in [0.5, 0.6) is 0 Å². The van der Waals surface area contributed by atoms with E-state index in [1.54, 1.807) is 16.7 Å². The molecule has 106 valence electrons. The van der Waals surface area contributed by atoms with E-state index in [2.05, 4.69) is 12.6 Å². The zero-order valence-corrected chi connectivity index (χ0v) is 12.9. The number of aliphatic hydroxyl groups excluding tert-OH is 1. The zero-order chi connectivity index (χ0) is 14.1. The number of thiol groups is 1. The summed E-state index contributed by atoms with van der Waals surface area (Å²) in [6.07, 6.45) is 2.38. The number of thioether (sulfide) groups is 1. The quantitative estimate of drug-likeness (QED) is 0.722. The van der Waals surface area contributed by atoms with Crippen molar-refractivity contribution in [3.05, 3.63) is 35.9 Å². The van der Waals surface area contributed by atoms with Crippen molar-refractivity contribution in [2.75, 3.05) is 24.4 Å². The molecule has 0 spiro atoms. The Morgan fingerprint density at radius 1 is 1.42 bits per heavy atom. The van der Waals surface area contributed by atoms with Crippen molar-refractivity contribution in [2.45, 2.75) is 19.0 Å². The van der Waals surface area contributed by atoms with Crippen LogP contribution in [0.4, 0.5) is 0 Å². The number of nitrogens with zero attached hydrogens (tertiary/aromatic N) is 1. The number of amides is 1. The van der Waals surface area contributed by atoms with Gasteiger partial charge < -0.3 is 10.0 Å². The average molecular weight is 299 g/mol. The van der Waals surface area contributed by atoms with Gasteiger partial charge in [0.25, 0.3) is 0 Å². The van der Waals surface area contributed by atoms with Crippen molar-refractivity contribution in [3.8, 4) is 0 Å². The van der Waals surface area contributed by atoms with E-state index in [-0.39, 0.29) is 18.6 Å². The van der Waals surface area contributed by atoms with Crippen LogP contribution < -0.4 is 0 Å². The molecule has 1 aromatic carbocycles. The topological polar surface area (TPSA) is 40.5 Å². The minimum atomic E-state index is -0.136. The third-order valence-corrected chi connectivity index (χ3v) is 3.79. The van der Waals surface area contributed by atoms with Crippen LogP contribution in [0.2, 0.25) is 0 Å². The second-order valence-electron chi connectivity index (χ2n) is 4.27. The van der Waals surface area contributed by atoms with E-state index >= 15 is 0 Å². The number of carbonyl (C=O) groups excluding carboxylic acids is 1. The highest BCUT2D eigenvalue weighted by Crippen LogP contribution is 2.13. The van der Waals surface area contributed by atoms with E-state index < -0.39 is 0 Å². The number of hydrogen-bond acceptors (Lipinski definition) is 4. The summed E-state index contributed by atoms with van der Waals surface area (Å²) in [5.41, 5.74) is 1.08. The largest absolute Gasteiger partial charge is 0.394 e. The van der Waals surface area contributed by atoms with Gasteiger partial charge in [0.2, 0.25) is 5.91 Å². The second kappa shape index (κ2) is 9.28. The van der Waals surface area contributed by atoms with E-state index in [0.29, 0.717) is 18.7 Å². The van der Waals surface area contributed by atoms with Gasteiger partial charge in [0, 0.05) is 18.7 Å². The van der Waals surface area contributed by atoms with Gasteiger partial charge in [0.15, 0.2) is 0 Å². The number of carbonyl (C=O) groups is 1. The lowest BCUT2D eigenvalue weighted by atomic mass is 10.1. The monoisotopic (exact) mass is 299 g/mol. The Bertz CT molecular complexity index is 373. The summed E-state index contributed by atoms with van der Waals surface area (Å²) < 4.78 is 0.